The Morgan fingerprint density at radius 1 is 1.16 bits per heavy atom. The molecule has 0 saturated carbocycles. The monoisotopic (exact) mass is 342 g/mol. The van der Waals surface area contributed by atoms with Crippen molar-refractivity contribution in [1.29, 1.82) is 0 Å². The van der Waals surface area contributed by atoms with Gasteiger partial charge in [0.1, 0.15) is 5.69 Å². The maximum absolute atomic E-state index is 12.4. The summed E-state index contributed by atoms with van der Waals surface area (Å²) in [4.78, 5) is 42.8. The summed E-state index contributed by atoms with van der Waals surface area (Å²) in [6.45, 7) is 5.74. The molecule has 0 bridgehead atoms. The fourth-order valence-corrected chi connectivity index (χ4v) is 2.74. The minimum absolute atomic E-state index is 0.0617. The SMILES string of the molecule is CCc1c(C(=O)NCCNC(=O)c2cccnc2)[nH]c(C)c1C(C)=O. The molecule has 132 valence electrons. The number of carbonyl (C=O) groups is 3. The zero-order valence-electron chi connectivity index (χ0n) is 14.6. The lowest BCUT2D eigenvalue weighted by atomic mass is 10.0. The summed E-state index contributed by atoms with van der Waals surface area (Å²) < 4.78 is 0. The molecule has 2 aromatic rings. The standard InChI is InChI=1S/C18H22N4O3/c1-4-14-15(12(3)23)11(2)22-16(14)18(25)21-9-8-20-17(24)13-6-5-7-19-10-13/h5-7,10,22H,4,8-9H2,1-3H3,(H,20,24)(H,21,25). The summed E-state index contributed by atoms with van der Waals surface area (Å²) in [7, 11) is 0. The first kappa shape index (κ1) is 18.4. The maximum atomic E-state index is 12.4. The molecule has 2 heterocycles. The average molecular weight is 342 g/mol. The van der Waals surface area contributed by atoms with E-state index in [1.165, 1.54) is 13.1 Å². The number of H-pyrrole nitrogens is 1. The van der Waals surface area contributed by atoms with Gasteiger partial charge in [0, 0.05) is 36.7 Å². The second kappa shape index (κ2) is 8.23. The summed E-state index contributed by atoms with van der Waals surface area (Å²) in [5.41, 5.74) is 2.87. The van der Waals surface area contributed by atoms with Gasteiger partial charge >= 0.3 is 0 Å². The molecule has 0 saturated heterocycles. The van der Waals surface area contributed by atoms with Crippen LogP contribution in [0.4, 0.5) is 0 Å². The van der Waals surface area contributed by atoms with Crippen LogP contribution in [0.5, 0.6) is 0 Å². The van der Waals surface area contributed by atoms with E-state index in [1.54, 1.807) is 25.3 Å². The Hall–Kier alpha value is -2.96. The Labute approximate surface area is 146 Å². The van der Waals surface area contributed by atoms with E-state index in [9.17, 15) is 14.4 Å². The van der Waals surface area contributed by atoms with Crippen LogP contribution in [0.25, 0.3) is 0 Å². The van der Waals surface area contributed by atoms with Crippen LogP contribution in [-0.2, 0) is 6.42 Å². The predicted octanol–water partition coefficient (Wildman–Crippen LogP) is 1.64. The largest absolute Gasteiger partial charge is 0.354 e. The van der Waals surface area contributed by atoms with Gasteiger partial charge in [-0.05, 0) is 38.0 Å². The minimum atomic E-state index is -0.289. The van der Waals surface area contributed by atoms with Crippen LogP contribution in [0.3, 0.4) is 0 Å². The number of hydrogen-bond acceptors (Lipinski definition) is 4. The lowest BCUT2D eigenvalue weighted by Crippen LogP contribution is -2.35. The molecule has 0 atom stereocenters. The van der Waals surface area contributed by atoms with Crippen molar-refractivity contribution < 1.29 is 14.4 Å². The number of hydrogen-bond donors (Lipinski definition) is 3. The zero-order chi connectivity index (χ0) is 18.4. The molecule has 0 spiro atoms. The fraction of sp³-hybridized carbons (Fsp3) is 0.333. The Bertz CT molecular complexity index is 781. The van der Waals surface area contributed by atoms with Crippen molar-refractivity contribution in [3.63, 3.8) is 0 Å². The van der Waals surface area contributed by atoms with E-state index >= 15 is 0 Å². The average Bonchev–Trinajstić information content (AvgIpc) is 2.95. The van der Waals surface area contributed by atoms with Gasteiger partial charge in [0.25, 0.3) is 11.8 Å². The maximum Gasteiger partial charge on any atom is 0.268 e. The highest BCUT2D eigenvalue weighted by molar-refractivity contribution is 6.02. The number of pyridine rings is 1. The van der Waals surface area contributed by atoms with E-state index in [-0.39, 0.29) is 24.1 Å². The molecule has 7 nitrogen and oxygen atoms in total. The van der Waals surface area contributed by atoms with Gasteiger partial charge in [0.15, 0.2) is 5.78 Å². The van der Waals surface area contributed by atoms with Crippen molar-refractivity contribution in [1.82, 2.24) is 20.6 Å². The van der Waals surface area contributed by atoms with E-state index in [2.05, 4.69) is 20.6 Å². The highest BCUT2D eigenvalue weighted by Crippen LogP contribution is 2.20. The molecule has 0 unspecified atom stereocenters. The normalized spacial score (nSPS) is 10.4. The third-order valence-electron chi connectivity index (χ3n) is 3.84. The number of ketones is 1. The summed E-state index contributed by atoms with van der Waals surface area (Å²) in [5, 5.41) is 5.46. The Morgan fingerprint density at radius 3 is 2.40 bits per heavy atom. The number of rotatable bonds is 7. The van der Waals surface area contributed by atoms with Gasteiger partial charge in [-0.15, -0.1) is 0 Å². The Kier molecular flexibility index (Phi) is 6.05. The second-order valence-electron chi connectivity index (χ2n) is 5.64. The predicted molar refractivity (Wildman–Crippen MR) is 93.8 cm³/mol. The van der Waals surface area contributed by atoms with Crippen LogP contribution in [0.2, 0.25) is 0 Å². The van der Waals surface area contributed by atoms with E-state index in [4.69, 9.17) is 0 Å². The Morgan fingerprint density at radius 2 is 1.84 bits per heavy atom. The van der Waals surface area contributed by atoms with Gasteiger partial charge < -0.3 is 15.6 Å². The number of aromatic nitrogens is 2. The van der Waals surface area contributed by atoms with Crippen LogP contribution >= 0.6 is 0 Å². The van der Waals surface area contributed by atoms with Crippen LogP contribution < -0.4 is 10.6 Å². The van der Waals surface area contributed by atoms with Crippen molar-refractivity contribution in [2.75, 3.05) is 13.1 Å². The first-order valence-electron chi connectivity index (χ1n) is 8.14. The number of Topliss-reactive ketones (excluding diaryl/α,β-unsaturated/α-hetero) is 1. The molecule has 0 radical (unpaired) electrons. The molecule has 3 N–H and O–H groups in total. The van der Waals surface area contributed by atoms with Gasteiger partial charge in [-0.3, -0.25) is 19.4 Å². The zero-order valence-corrected chi connectivity index (χ0v) is 14.6. The Balaban J connectivity index is 1.92. The number of aromatic amines is 1. The molecule has 2 amide bonds. The van der Waals surface area contributed by atoms with Crippen LogP contribution in [0.15, 0.2) is 24.5 Å². The van der Waals surface area contributed by atoms with Crippen molar-refractivity contribution in [3.8, 4) is 0 Å². The molecule has 0 aliphatic heterocycles. The molecule has 0 fully saturated rings. The number of nitrogens with one attached hydrogen (secondary N) is 3. The highest BCUT2D eigenvalue weighted by atomic mass is 16.2. The quantitative estimate of drug-likeness (QED) is 0.525. The summed E-state index contributed by atoms with van der Waals surface area (Å²) in [6, 6.07) is 3.35. The third kappa shape index (κ3) is 4.32. The lowest BCUT2D eigenvalue weighted by molar-refractivity contribution is 0.0924. The van der Waals surface area contributed by atoms with Crippen molar-refractivity contribution >= 4 is 17.6 Å². The van der Waals surface area contributed by atoms with Gasteiger partial charge in [-0.25, -0.2) is 0 Å². The van der Waals surface area contributed by atoms with Gasteiger partial charge in [-0.1, -0.05) is 6.92 Å². The smallest absolute Gasteiger partial charge is 0.268 e. The van der Waals surface area contributed by atoms with E-state index in [0.717, 1.165) is 5.56 Å². The lowest BCUT2D eigenvalue weighted by Gasteiger charge is -2.08. The number of aryl methyl sites for hydroxylation is 1. The van der Waals surface area contributed by atoms with Crippen LogP contribution in [-0.4, -0.2) is 40.7 Å². The summed E-state index contributed by atoms with van der Waals surface area (Å²) in [5.74, 6) is -0.595. The molecule has 25 heavy (non-hydrogen) atoms. The number of carbonyl (C=O) groups excluding carboxylic acids is 3. The molecule has 2 rings (SSSR count). The molecule has 0 aliphatic rings. The van der Waals surface area contributed by atoms with Gasteiger partial charge in [0.2, 0.25) is 0 Å². The van der Waals surface area contributed by atoms with Crippen molar-refractivity contribution in [2.24, 2.45) is 0 Å². The number of nitrogens with zero attached hydrogens (tertiary/aromatic N) is 1. The molecule has 2 aromatic heterocycles. The molecular formula is C18H22N4O3. The minimum Gasteiger partial charge on any atom is -0.354 e. The topological polar surface area (TPSA) is 104 Å². The van der Waals surface area contributed by atoms with Gasteiger partial charge in [-0.2, -0.15) is 0 Å². The molecule has 0 aliphatic carbocycles. The van der Waals surface area contributed by atoms with Crippen LogP contribution in [0.1, 0.15) is 56.3 Å². The van der Waals surface area contributed by atoms with E-state index < -0.39 is 0 Å². The van der Waals surface area contributed by atoms with E-state index in [1.807, 2.05) is 6.92 Å². The molecular weight excluding hydrogens is 320 g/mol. The fourth-order valence-electron chi connectivity index (χ4n) is 2.74. The second-order valence-corrected chi connectivity index (χ2v) is 5.64. The van der Waals surface area contributed by atoms with Crippen LogP contribution in [0, 0.1) is 6.92 Å². The highest BCUT2D eigenvalue weighted by Gasteiger charge is 2.21. The molecule has 0 aromatic carbocycles. The van der Waals surface area contributed by atoms with Gasteiger partial charge in [0.05, 0.1) is 5.56 Å². The first-order valence-corrected chi connectivity index (χ1v) is 8.14. The molecule has 7 heteroatoms. The van der Waals surface area contributed by atoms with E-state index in [0.29, 0.717) is 35.5 Å². The third-order valence-corrected chi connectivity index (χ3v) is 3.84. The van der Waals surface area contributed by atoms with Crippen molar-refractivity contribution in [2.45, 2.75) is 27.2 Å². The first-order chi connectivity index (χ1) is 12.0. The summed E-state index contributed by atoms with van der Waals surface area (Å²) >= 11 is 0. The number of amides is 2. The van der Waals surface area contributed by atoms with Crippen molar-refractivity contribution in [3.05, 3.63) is 52.6 Å². The summed E-state index contributed by atoms with van der Waals surface area (Å²) in [6.07, 6.45) is 3.65.